The summed E-state index contributed by atoms with van der Waals surface area (Å²) in [6.07, 6.45) is 8.82. The molecule has 0 aromatic carbocycles. The standard InChI is InChI=1S/C16H29NO2/c1-15(2)7-6-11-17(12-10-15)13-16(14(18)19)8-4-3-5-9-16/h3-13H2,1-2H3,(H,18,19). The van der Waals surface area contributed by atoms with E-state index in [0.717, 1.165) is 45.3 Å². The SMILES string of the molecule is CC1(C)CCCN(CC2(C(=O)O)CCCCC2)CC1. The summed E-state index contributed by atoms with van der Waals surface area (Å²) in [7, 11) is 0. The molecule has 0 spiro atoms. The number of nitrogens with zero attached hydrogens (tertiary/aromatic N) is 1. The first-order valence-electron chi connectivity index (χ1n) is 7.89. The van der Waals surface area contributed by atoms with E-state index in [9.17, 15) is 9.90 Å². The zero-order valence-corrected chi connectivity index (χ0v) is 12.6. The normalized spacial score (nSPS) is 27.7. The molecule has 0 aromatic heterocycles. The smallest absolute Gasteiger partial charge is 0.310 e. The zero-order valence-electron chi connectivity index (χ0n) is 12.6. The van der Waals surface area contributed by atoms with Crippen molar-refractivity contribution in [1.29, 1.82) is 0 Å². The van der Waals surface area contributed by atoms with Crippen LogP contribution in [0.3, 0.4) is 0 Å². The Kier molecular flexibility index (Phi) is 4.54. The van der Waals surface area contributed by atoms with Crippen LogP contribution in [0.25, 0.3) is 0 Å². The largest absolute Gasteiger partial charge is 0.481 e. The summed E-state index contributed by atoms with van der Waals surface area (Å²) in [6, 6.07) is 0. The van der Waals surface area contributed by atoms with Crippen LogP contribution >= 0.6 is 0 Å². The van der Waals surface area contributed by atoms with Crippen LogP contribution in [-0.2, 0) is 4.79 Å². The minimum Gasteiger partial charge on any atom is -0.481 e. The van der Waals surface area contributed by atoms with E-state index in [1.54, 1.807) is 0 Å². The van der Waals surface area contributed by atoms with Gasteiger partial charge in [0, 0.05) is 6.54 Å². The van der Waals surface area contributed by atoms with E-state index in [0.29, 0.717) is 5.41 Å². The maximum absolute atomic E-state index is 11.7. The molecule has 2 rings (SSSR count). The summed E-state index contributed by atoms with van der Waals surface area (Å²) in [4.78, 5) is 14.2. The van der Waals surface area contributed by atoms with Crippen LogP contribution in [0.1, 0.15) is 65.2 Å². The van der Waals surface area contributed by atoms with Crippen LogP contribution in [0, 0.1) is 10.8 Å². The van der Waals surface area contributed by atoms with E-state index < -0.39 is 11.4 Å². The van der Waals surface area contributed by atoms with Gasteiger partial charge in [0.1, 0.15) is 0 Å². The number of carboxylic acids is 1. The van der Waals surface area contributed by atoms with Crippen molar-refractivity contribution in [1.82, 2.24) is 4.90 Å². The van der Waals surface area contributed by atoms with Crippen molar-refractivity contribution in [2.75, 3.05) is 19.6 Å². The highest BCUT2D eigenvalue weighted by Gasteiger charge is 2.41. The van der Waals surface area contributed by atoms with Crippen LogP contribution in [-0.4, -0.2) is 35.6 Å². The van der Waals surface area contributed by atoms with Crippen molar-refractivity contribution in [2.45, 2.75) is 65.2 Å². The van der Waals surface area contributed by atoms with Crippen molar-refractivity contribution in [3.63, 3.8) is 0 Å². The number of likely N-dealkylation sites (tertiary alicyclic amines) is 1. The van der Waals surface area contributed by atoms with E-state index in [2.05, 4.69) is 18.7 Å². The van der Waals surface area contributed by atoms with Gasteiger partial charge in [0.05, 0.1) is 5.41 Å². The number of hydrogen-bond donors (Lipinski definition) is 1. The number of carbonyl (C=O) groups is 1. The summed E-state index contributed by atoms with van der Waals surface area (Å²) in [5, 5.41) is 9.67. The summed E-state index contributed by atoms with van der Waals surface area (Å²) >= 11 is 0. The fourth-order valence-corrected chi connectivity index (χ4v) is 3.73. The second kappa shape index (κ2) is 5.82. The van der Waals surface area contributed by atoms with E-state index >= 15 is 0 Å². The molecule has 2 aliphatic rings. The Bertz CT molecular complexity index is 319. The lowest BCUT2D eigenvalue weighted by atomic mass is 9.73. The molecule has 1 saturated carbocycles. The van der Waals surface area contributed by atoms with E-state index in [1.165, 1.54) is 25.7 Å². The molecule has 1 N–H and O–H groups in total. The first-order chi connectivity index (χ1) is 8.94. The molecule has 0 unspecified atom stereocenters. The van der Waals surface area contributed by atoms with Crippen LogP contribution < -0.4 is 0 Å². The first kappa shape index (κ1) is 14.8. The van der Waals surface area contributed by atoms with Gasteiger partial charge in [-0.25, -0.2) is 0 Å². The Morgan fingerprint density at radius 1 is 1.00 bits per heavy atom. The van der Waals surface area contributed by atoms with Gasteiger partial charge in [0.15, 0.2) is 0 Å². The van der Waals surface area contributed by atoms with Crippen LogP contribution in [0.2, 0.25) is 0 Å². The molecule has 0 bridgehead atoms. The van der Waals surface area contributed by atoms with Gasteiger partial charge in [-0.1, -0.05) is 33.1 Å². The molecule has 0 amide bonds. The average molecular weight is 267 g/mol. The summed E-state index contributed by atoms with van der Waals surface area (Å²) in [5.74, 6) is -0.560. The molecule has 1 heterocycles. The first-order valence-corrected chi connectivity index (χ1v) is 7.89. The lowest BCUT2D eigenvalue weighted by Gasteiger charge is -2.37. The Morgan fingerprint density at radius 3 is 2.32 bits per heavy atom. The summed E-state index contributed by atoms with van der Waals surface area (Å²) in [6.45, 7) is 7.60. The predicted octanol–water partition coefficient (Wildman–Crippen LogP) is 3.53. The number of aliphatic carboxylic acids is 1. The Balaban J connectivity index is 1.99. The molecule has 3 heteroatoms. The Morgan fingerprint density at radius 2 is 1.68 bits per heavy atom. The van der Waals surface area contributed by atoms with Crippen molar-refractivity contribution in [3.8, 4) is 0 Å². The molecule has 110 valence electrons. The third-order valence-electron chi connectivity index (χ3n) is 5.22. The number of rotatable bonds is 3. The van der Waals surface area contributed by atoms with Crippen LogP contribution in [0.4, 0.5) is 0 Å². The van der Waals surface area contributed by atoms with Crippen molar-refractivity contribution in [2.24, 2.45) is 10.8 Å². The topological polar surface area (TPSA) is 40.5 Å². The molecule has 0 radical (unpaired) electrons. The molecule has 2 fully saturated rings. The second-order valence-electron chi connectivity index (χ2n) is 7.44. The van der Waals surface area contributed by atoms with E-state index in [4.69, 9.17) is 0 Å². The highest BCUT2D eigenvalue weighted by Crippen LogP contribution is 2.38. The molecule has 1 saturated heterocycles. The Labute approximate surface area is 117 Å². The van der Waals surface area contributed by atoms with E-state index in [1.807, 2.05) is 0 Å². The van der Waals surface area contributed by atoms with Gasteiger partial charge in [-0.3, -0.25) is 4.79 Å². The van der Waals surface area contributed by atoms with Crippen molar-refractivity contribution in [3.05, 3.63) is 0 Å². The van der Waals surface area contributed by atoms with Gasteiger partial charge in [-0.2, -0.15) is 0 Å². The maximum Gasteiger partial charge on any atom is 0.310 e. The minimum atomic E-state index is -0.560. The van der Waals surface area contributed by atoms with Gasteiger partial charge >= 0.3 is 5.97 Å². The van der Waals surface area contributed by atoms with Crippen molar-refractivity contribution >= 4 is 5.97 Å². The fraction of sp³-hybridized carbons (Fsp3) is 0.938. The molecule has 0 aromatic rings. The van der Waals surface area contributed by atoms with Crippen LogP contribution in [0.15, 0.2) is 0 Å². The summed E-state index contributed by atoms with van der Waals surface area (Å²) < 4.78 is 0. The van der Waals surface area contributed by atoms with Crippen molar-refractivity contribution < 1.29 is 9.90 Å². The predicted molar refractivity (Wildman–Crippen MR) is 77.2 cm³/mol. The van der Waals surface area contributed by atoms with Gasteiger partial charge < -0.3 is 10.0 Å². The fourth-order valence-electron chi connectivity index (χ4n) is 3.73. The molecule has 0 atom stereocenters. The maximum atomic E-state index is 11.7. The third-order valence-corrected chi connectivity index (χ3v) is 5.22. The second-order valence-corrected chi connectivity index (χ2v) is 7.44. The molecular formula is C16H29NO2. The average Bonchev–Trinajstić information content (AvgIpc) is 2.52. The highest BCUT2D eigenvalue weighted by atomic mass is 16.4. The number of carboxylic acid groups (broad SMARTS) is 1. The third kappa shape index (κ3) is 3.71. The molecular weight excluding hydrogens is 238 g/mol. The monoisotopic (exact) mass is 267 g/mol. The molecule has 1 aliphatic carbocycles. The van der Waals surface area contributed by atoms with Gasteiger partial charge in [-0.15, -0.1) is 0 Å². The van der Waals surface area contributed by atoms with E-state index in [-0.39, 0.29) is 0 Å². The summed E-state index contributed by atoms with van der Waals surface area (Å²) in [5.41, 5.74) is -0.0234. The quantitative estimate of drug-likeness (QED) is 0.850. The van der Waals surface area contributed by atoms with Gasteiger partial charge in [0.2, 0.25) is 0 Å². The van der Waals surface area contributed by atoms with Gasteiger partial charge in [-0.05, 0) is 50.6 Å². The lowest BCUT2D eigenvalue weighted by molar-refractivity contribution is -0.152. The lowest BCUT2D eigenvalue weighted by Crippen LogP contribution is -2.45. The zero-order chi connectivity index (χ0) is 13.9. The number of hydrogen-bond acceptors (Lipinski definition) is 2. The molecule has 1 aliphatic heterocycles. The Hall–Kier alpha value is -0.570. The minimum absolute atomic E-state index is 0.428. The molecule has 3 nitrogen and oxygen atoms in total. The molecule has 19 heavy (non-hydrogen) atoms. The highest BCUT2D eigenvalue weighted by molar-refractivity contribution is 5.75. The van der Waals surface area contributed by atoms with Crippen LogP contribution in [0.5, 0.6) is 0 Å². The van der Waals surface area contributed by atoms with Gasteiger partial charge in [0.25, 0.3) is 0 Å².